The Bertz CT molecular complexity index is 1070. The molecule has 0 amide bonds. The highest BCUT2D eigenvalue weighted by Crippen LogP contribution is 2.28. The summed E-state index contributed by atoms with van der Waals surface area (Å²) in [6.07, 6.45) is 1.49. The standard InChI is InChI=1S/C20H18ClF2NO6S/c21-16-8-5-14(11-18(16)31(27,28)24-9-1-2-10-24)19(26)29-12-17(25)13-3-6-15(7-4-13)30-20(22)23/h3-8,11,20H,1-2,9-10,12H2. The Balaban J connectivity index is 1.67. The van der Waals surface area contributed by atoms with Crippen LogP contribution in [-0.4, -0.2) is 50.8 Å². The maximum absolute atomic E-state index is 12.8. The van der Waals surface area contributed by atoms with Crippen LogP contribution in [0.5, 0.6) is 5.75 Å². The van der Waals surface area contributed by atoms with Crippen LogP contribution in [0.3, 0.4) is 0 Å². The number of carbonyl (C=O) groups is 2. The van der Waals surface area contributed by atoms with E-state index in [9.17, 15) is 26.8 Å². The van der Waals surface area contributed by atoms with E-state index in [2.05, 4.69) is 4.74 Å². The van der Waals surface area contributed by atoms with E-state index in [0.29, 0.717) is 13.1 Å². The molecule has 0 bridgehead atoms. The number of esters is 1. The summed E-state index contributed by atoms with van der Waals surface area (Å²) in [7, 11) is -3.85. The molecular weight excluding hydrogens is 456 g/mol. The lowest BCUT2D eigenvalue weighted by molar-refractivity contribution is -0.0498. The average Bonchev–Trinajstić information content (AvgIpc) is 3.28. The summed E-state index contributed by atoms with van der Waals surface area (Å²) in [4.78, 5) is 24.3. The van der Waals surface area contributed by atoms with Crippen molar-refractivity contribution in [3.05, 3.63) is 58.6 Å². The zero-order valence-corrected chi connectivity index (χ0v) is 17.7. The predicted octanol–water partition coefficient (Wildman–Crippen LogP) is 3.77. The summed E-state index contributed by atoms with van der Waals surface area (Å²) in [5.41, 5.74) is 0.0541. The fourth-order valence-electron chi connectivity index (χ4n) is 3.02. The van der Waals surface area contributed by atoms with Gasteiger partial charge in [-0.3, -0.25) is 4.79 Å². The van der Waals surface area contributed by atoms with Gasteiger partial charge in [-0.25, -0.2) is 13.2 Å². The molecule has 0 atom stereocenters. The third-order valence-electron chi connectivity index (χ3n) is 4.59. The molecule has 1 aliphatic heterocycles. The number of ketones is 1. The SMILES string of the molecule is O=C(COC(=O)c1ccc(Cl)c(S(=O)(=O)N2CCCC2)c1)c1ccc(OC(F)F)cc1. The number of ether oxygens (including phenoxy) is 2. The van der Waals surface area contributed by atoms with Crippen molar-refractivity contribution in [1.29, 1.82) is 0 Å². The van der Waals surface area contributed by atoms with E-state index in [1.54, 1.807) is 0 Å². The molecule has 11 heteroatoms. The highest BCUT2D eigenvalue weighted by Gasteiger charge is 2.30. The molecule has 166 valence electrons. The highest BCUT2D eigenvalue weighted by molar-refractivity contribution is 7.89. The first-order valence-electron chi connectivity index (χ1n) is 9.23. The molecule has 0 spiro atoms. The van der Waals surface area contributed by atoms with Gasteiger partial charge in [0.1, 0.15) is 10.6 Å². The molecule has 1 fully saturated rings. The van der Waals surface area contributed by atoms with Crippen molar-refractivity contribution in [2.75, 3.05) is 19.7 Å². The van der Waals surface area contributed by atoms with Crippen LogP contribution < -0.4 is 4.74 Å². The van der Waals surface area contributed by atoms with Gasteiger partial charge in [-0.1, -0.05) is 11.6 Å². The molecule has 1 aliphatic rings. The lowest BCUT2D eigenvalue weighted by Gasteiger charge is -2.17. The van der Waals surface area contributed by atoms with Crippen LogP contribution in [0.15, 0.2) is 47.4 Å². The molecule has 0 unspecified atom stereocenters. The average molecular weight is 474 g/mol. The van der Waals surface area contributed by atoms with E-state index in [4.69, 9.17) is 16.3 Å². The Hall–Kier alpha value is -2.56. The molecule has 2 aromatic rings. The van der Waals surface area contributed by atoms with E-state index in [0.717, 1.165) is 18.9 Å². The van der Waals surface area contributed by atoms with Crippen LogP contribution in [0.2, 0.25) is 5.02 Å². The quantitative estimate of drug-likeness (QED) is 0.428. The van der Waals surface area contributed by atoms with Gasteiger partial charge >= 0.3 is 12.6 Å². The lowest BCUT2D eigenvalue weighted by Crippen LogP contribution is -2.28. The minimum absolute atomic E-state index is 0.0226. The van der Waals surface area contributed by atoms with Crippen LogP contribution in [-0.2, 0) is 14.8 Å². The maximum Gasteiger partial charge on any atom is 0.387 e. The van der Waals surface area contributed by atoms with Crippen molar-refractivity contribution in [3.8, 4) is 5.75 Å². The third-order valence-corrected chi connectivity index (χ3v) is 6.97. The minimum Gasteiger partial charge on any atom is -0.454 e. The van der Waals surface area contributed by atoms with Crippen molar-refractivity contribution in [2.24, 2.45) is 0 Å². The number of hydrogen-bond acceptors (Lipinski definition) is 6. The first-order chi connectivity index (χ1) is 14.7. The summed E-state index contributed by atoms with van der Waals surface area (Å²) in [6.45, 7) is -2.85. The molecule has 1 saturated heterocycles. The van der Waals surface area contributed by atoms with Crippen molar-refractivity contribution >= 4 is 33.4 Å². The Labute approximate surface area is 182 Å². The summed E-state index contributed by atoms with van der Waals surface area (Å²) in [5, 5.41) is -0.0226. The van der Waals surface area contributed by atoms with E-state index in [-0.39, 0.29) is 26.8 Å². The molecule has 0 aliphatic carbocycles. The van der Waals surface area contributed by atoms with Gasteiger partial charge in [0.15, 0.2) is 12.4 Å². The number of rotatable bonds is 8. The molecule has 0 N–H and O–H groups in total. The van der Waals surface area contributed by atoms with Crippen LogP contribution in [0.25, 0.3) is 0 Å². The van der Waals surface area contributed by atoms with Crippen molar-refractivity contribution in [1.82, 2.24) is 4.31 Å². The van der Waals surface area contributed by atoms with Gasteiger partial charge in [0.2, 0.25) is 10.0 Å². The number of sulfonamides is 1. The molecular formula is C20H18ClF2NO6S. The fraction of sp³-hybridized carbons (Fsp3) is 0.300. The molecule has 0 radical (unpaired) electrons. The highest BCUT2D eigenvalue weighted by atomic mass is 35.5. The van der Waals surface area contributed by atoms with Gasteiger partial charge in [0.25, 0.3) is 0 Å². The first-order valence-corrected chi connectivity index (χ1v) is 11.0. The Kier molecular flexibility index (Phi) is 7.24. The van der Waals surface area contributed by atoms with Gasteiger partial charge in [-0.05, 0) is 55.3 Å². The van der Waals surface area contributed by atoms with Crippen molar-refractivity contribution in [3.63, 3.8) is 0 Å². The number of nitrogens with zero attached hydrogens (tertiary/aromatic N) is 1. The fourth-order valence-corrected chi connectivity index (χ4v) is 5.03. The van der Waals surface area contributed by atoms with Gasteiger partial charge in [0, 0.05) is 18.7 Å². The molecule has 0 aromatic heterocycles. The van der Waals surface area contributed by atoms with Crippen LogP contribution in [0.1, 0.15) is 33.6 Å². The maximum atomic E-state index is 12.8. The Morgan fingerprint density at radius 2 is 1.65 bits per heavy atom. The second-order valence-corrected chi connectivity index (χ2v) is 8.97. The largest absolute Gasteiger partial charge is 0.454 e. The number of halogens is 3. The molecule has 3 rings (SSSR count). The zero-order valence-electron chi connectivity index (χ0n) is 16.1. The summed E-state index contributed by atoms with van der Waals surface area (Å²) in [6, 6.07) is 8.61. The molecule has 7 nitrogen and oxygen atoms in total. The van der Waals surface area contributed by atoms with Crippen LogP contribution in [0, 0.1) is 0 Å². The second-order valence-electron chi connectivity index (χ2n) is 6.66. The molecule has 0 saturated carbocycles. The van der Waals surface area contributed by atoms with Crippen molar-refractivity contribution < 1.29 is 36.3 Å². The van der Waals surface area contributed by atoms with E-state index < -0.39 is 35.0 Å². The monoisotopic (exact) mass is 473 g/mol. The summed E-state index contributed by atoms with van der Waals surface area (Å²) < 4.78 is 60.3. The number of benzene rings is 2. The Morgan fingerprint density at radius 3 is 2.26 bits per heavy atom. The van der Waals surface area contributed by atoms with E-state index in [1.807, 2.05) is 0 Å². The van der Waals surface area contributed by atoms with Gasteiger partial charge in [-0.2, -0.15) is 13.1 Å². The molecule has 31 heavy (non-hydrogen) atoms. The smallest absolute Gasteiger partial charge is 0.387 e. The topological polar surface area (TPSA) is 90.0 Å². The first kappa shape index (κ1) is 23.1. The number of alkyl halides is 2. The van der Waals surface area contributed by atoms with E-state index >= 15 is 0 Å². The number of hydrogen-bond donors (Lipinski definition) is 0. The molecule has 1 heterocycles. The zero-order chi connectivity index (χ0) is 22.6. The van der Waals surface area contributed by atoms with Crippen LogP contribution >= 0.6 is 11.6 Å². The predicted molar refractivity (Wildman–Crippen MR) is 107 cm³/mol. The summed E-state index contributed by atoms with van der Waals surface area (Å²) in [5.74, 6) is -1.59. The number of Topliss-reactive ketones (excluding diaryl/α,β-unsaturated/α-hetero) is 1. The minimum atomic E-state index is -3.85. The van der Waals surface area contributed by atoms with Gasteiger partial charge in [-0.15, -0.1) is 0 Å². The summed E-state index contributed by atoms with van der Waals surface area (Å²) >= 11 is 6.05. The van der Waals surface area contributed by atoms with Crippen LogP contribution in [0.4, 0.5) is 8.78 Å². The van der Waals surface area contributed by atoms with Gasteiger partial charge in [0.05, 0.1) is 10.6 Å². The second kappa shape index (κ2) is 9.71. The lowest BCUT2D eigenvalue weighted by atomic mass is 10.1. The normalized spacial score (nSPS) is 14.6. The Morgan fingerprint density at radius 1 is 1.03 bits per heavy atom. The number of carbonyl (C=O) groups excluding carboxylic acids is 2. The van der Waals surface area contributed by atoms with Crippen molar-refractivity contribution in [2.45, 2.75) is 24.3 Å². The van der Waals surface area contributed by atoms with E-state index in [1.165, 1.54) is 40.7 Å². The van der Waals surface area contributed by atoms with Gasteiger partial charge < -0.3 is 9.47 Å². The molecule has 2 aromatic carbocycles. The third kappa shape index (κ3) is 5.57.